The van der Waals surface area contributed by atoms with Crippen LogP contribution < -0.4 is 4.90 Å². The molecule has 1 heterocycles. The summed E-state index contributed by atoms with van der Waals surface area (Å²) in [6, 6.07) is 13.0. The SMILES string of the molecule is CN1C(=O)C(C(F)(F)F)N(C)C(c2ccccc2)c2ccccc21. The summed E-state index contributed by atoms with van der Waals surface area (Å²) in [4.78, 5) is 14.7. The number of likely N-dealkylation sites (N-methyl/N-ethyl adjacent to an activating group) is 2. The number of hydrogen-bond acceptors (Lipinski definition) is 2. The van der Waals surface area contributed by atoms with Crippen LogP contribution in [0.4, 0.5) is 18.9 Å². The first-order valence-corrected chi connectivity index (χ1v) is 7.52. The fraction of sp³-hybridized carbons (Fsp3) is 0.278. The number of nitrogens with zero attached hydrogens (tertiary/aromatic N) is 2. The molecular formula is C18H17F3N2O. The highest BCUT2D eigenvalue weighted by molar-refractivity contribution is 5.99. The summed E-state index contributed by atoms with van der Waals surface area (Å²) in [5.41, 5.74) is 1.88. The molecule has 3 nitrogen and oxygen atoms in total. The quantitative estimate of drug-likeness (QED) is 0.795. The number of rotatable bonds is 1. The van der Waals surface area contributed by atoms with Crippen molar-refractivity contribution >= 4 is 11.6 Å². The van der Waals surface area contributed by atoms with Crippen LogP contribution >= 0.6 is 0 Å². The predicted molar refractivity (Wildman–Crippen MR) is 85.7 cm³/mol. The number of fused-ring (bicyclic) bond motifs is 1. The van der Waals surface area contributed by atoms with E-state index in [9.17, 15) is 18.0 Å². The summed E-state index contributed by atoms with van der Waals surface area (Å²) < 4.78 is 40.9. The van der Waals surface area contributed by atoms with E-state index in [1.165, 1.54) is 14.1 Å². The molecule has 3 rings (SSSR count). The Hall–Kier alpha value is -2.34. The van der Waals surface area contributed by atoms with Gasteiger partial charge in [-0.1, -0.05) is 48.5 Å². The van der Waals surface area contributed by atoms with Gasteiger partial charge in [0.1, 0.15) is 0 Å². The lowest BCUT2D eigenvalue weighted by atomic mass is 9.95. The molecule has 0 bridgehead atoms. The maximum Gasteiger partial charge on any atom is 0.413 e. The van der Waals surface area contributed by atoms with Gasteiger partial charge in [-0.05, 0) is 24.2 Å². The number of benzene rings is 2. The van der Waals surface area contributed by atoms with Crippen LogP contribution in [0, 0.1) is 0 Å². The van der Waals surface area contributed by atoms with Crippen molar-refractivity contribution in [1.29, 1.82) is 0 Å². The van der Waals surface area contributed by atoms with E-state index in [1.807, 2.05) is 6.07 Å². The minimum atomic E-state index is -4.66. The van der Waals surface area contributed by atoms with Crippen molar-refractivity contribution in [2.45, 2.75) is 18.3 Å². The molecule has 126 valence electrons. The Bertz CT molecular complexity index is 745. The molecule has 0 radical (unpaired) electrons. The van der Waals surface area contributed by atoms with Crippen LogP contribution in [0.15, 0.2) is 54.6 Å². The fourth-order valence-corrected chi connectivity index (χ4v) is 3.29. The molecule has 0 aromatic heterocycles. The van der Waals surface area contributed by atoms with Crippen LogP contribution in [0.2, 0.25) is 0 Å². The average molecular weight is 334 g/mol. The average Bonchev–Trinajstić information content (AvgIpc) is 2.62. The Kier molecular flexibility index (Phi) is 4.09. The maximum absolute atomic E-state index is 13.6. The van der Waals surface area contributed by atoms with Gasteiger partial charge in [0.15, 0.2) is 6.04 Å². The maximum atomic E-state index is 13.6. The summed E-state index contributed by atoms with van der Waals surface area (Å²) >= 11 is 0. The highest BCUT2D eigenvalue weighted by Gasteiger charge is 2.52. The molecule has 1 aliphatic rings. The molecule has 0 fully saturated rings. The van der Waals surface area contributed by atoms with Crippen LogP contribution in [-0.4, -0.2) is 37.1 Å². The Morgan fingerprint density at radius 3 is 2.12 bits per heavy atom. The molecule has 1 aliphatic heterocycles. The zero-order valence-electron chi connectivity index (χ0n) is 13.3. The number of carbonyl (C=O) groups is 1. The highest BCUT2D eigenvalue weighted by atomic mass is 19.4. The van der Waals surface area contributed by atoms with Gasteiger partial charge in [-0.3, -0.25) is 9.69 Å². The van der Waals surface area contributed by atoms with E-state index in [0.717, 1.165) is 9.80 Å². The van der Waals surface area contributed by atoms with Gasteiger partial charge in [-0.15, -0.1) is 0 Å². The summed E-state index contributed by atoms with van der Waals surface area (Å²) in [6.45, 7) is 0. The topological polar surface area (TPSA) is 23.6 Å². The molecule has 24 heavy (non-hydrogen) atoms. The third-order valence-corrected chi connectivity index (χ3v) is 4.40. The third-order valence-electron chi connectivity index (χ3n) is 4.40. The fourth-order valence-electron chi connectivity index (χ4n) is 3.29. The Morgan fingerprint density at radius 2 is 1.50 bits per heavy atom. The number of anilines is 1. The summed E-state index contributed by atoms with van der Waals surface area (Å²) in [5.74, 6) is -0.976. The first-order chi connectivity index (χ1) is 11.3. The number of hydrogen-bond donors (Lipinski definition) is 0. The molecule has 0 saturated heterocycles. The van der Waals surface area contributed by atoms with Gasteiger partial charge in [-0.2, -0.15) is 13.2 Å². The van der Waals surface area contributed by atoms with E-state index in [4.69, 9.17) is 0 Å². The van der Waals surface area contributed by atoms with E-state index >= 15 is 0 Å². The molecule has 2 atom stereocenters. The van der Waals surface area contributed by atoms with Gasteiger partial charge in [0, 0.05) is 12.7 Å². The van der Waals surface area contributed by atoms with E-state index in [-0.39, 0.29) is 0 Å². The van der Waals surface area contributed by atoms with Gasteiger partial charge < -0.3 is 4.90 Å². The van der Waals surface area contributed by atoms with Crippen molar-refractivity contribution in [2.75, 3.05) is 19.0 Å². The highest BCUT2D eigenvalue weighted by Crippen LogP contribution is 2.41. The van der Waals surface area contributed by atoms with Gasteiger partial charge in [0.25, 0.3) is 5.91 Å². The molecule has 2 aromatic carbocycles. The van der Waals surface area contributed by atoms with Crippen LogP contribution in [0.3, 0.4) is 0 Å². The summed E-state index contributed by atoms with van der Waals surface area (Å²) in [6.07, 6.45) is -4.66. The second kappa shape index (κ2) is 5.94. The lowest BCUT2D eigenvalue weighted by Crippen LogP contribution is -2.53. The zero-order chi connectivity index (χ0) is 17.5. The first-order valence-electron chi connectivity index (χ1n) is 7.52. The number of halogens is 3. The van der Waals surface area contributed by atoms with Crippen molar-refractivity contribution < 1.29 is 18.0 Å². The smallest absolute Gasteiger partial charge is 0.313 e. The molecule has 0 spiro atoms. The first kappa shape index (κ1) is 16.5. The standard InChI is InChI=1S/C18H17F3N2O/c1-22-14-11-7-6-10-13(14)15(12-8-4-3-5-9-12)23(2)16(17(22)24)18(19,20)21/h3-11,15-16H,1-2H3. The van der Waals surface area contributed by atoms with Crippen molar-refractivity contribution in [3.63, 3.8) is 0 Å². The van der Waals surface area contributed by atoms with Gasteiger partial charge in [0.05, 0.1) is 6.04 Å². The monoisotopic (exact) mass is 334 g/mol. The minimum Gasteiger partial charge on any atom is -0.313 e. The van der Waals surface area contributed by atoms with E-state index in [2.05, 4.69) is 0 Å². The predicted octanol–water partition coefficient (Wildman–Crippen LogP) is 3.62. The molecule has 2 aromatic rings. The largest absolute Gasteiger partial charge is 0.413 e. The van der Waals surface area contributed by atoms with Crippen LogP contribution in [0.5, 0.6) is 0 Å². The molecule has 0 N–H and O–H groups in total. The van der Waals surface area contributed by atoms with Crippen molar-refractivity contribution in [1.82, 2.24) is 4.90 Å². The number of amides is 1. The number of alkyl halides is 3. The van der Waals surface area contributed by atoms with E-state index in [0.29, 0.717) is 16.8 Å². The molecular weight excluding hydrogens is 317 g/mol. The lowest BCUT2D eigenvalue weighted by Gasteiger charge is -2.33. The third kappa shape index (κ3) is 2.67. The van der Waals surface area contributed by atoms with Crippen LogP contribution in [0.25, 0.3) is 0 Å². The number of para-hydroxylation sites is 1. The normalized spacial score (nSPS) is 22.2. The Morgan fingerprint density at radius 1 is 0.917 bits per heavy atom. The van der Waals surface area contributed by atoms with Crippen LogP contribution in [-0.2, 0) is 4.79 Å². The second-order valence-electron chi connectivity index (χ2n) is 5.88. The van der Waals surface area contributed by atoms with Gasteiger partial charge in [-0.25, -0.2) is 0 Å². The summed E-state index contributed by atoms with van der Waals surface area (Å²) in [5, 5.41) is 0. The van der Waals surface area contributed by atoms with Crippen molar-refractivity contribution in [2.24, 2.45) is 0 Å². The minimum absolute atomic E-state index is 0.495. The Labute approximate surface area is 138 Å². The van der Waals surface area contributed by atoms with Crippen molar-refractivity contribution in [3.8, 4) is 0 Å². The molecule has 2 unspecified atom stereocenters. The zero-order valence-corrected chi connectivity index (χ0v) is 13.3. The lowest BCUT2D eigenvalue weighted by molar-refractivity contribution is -0.187. The van der Waals surface area contributed by atoms with Gasteiger partial charge >= 0.3 is 6.18 Å². The molecule has 1 amide bonds. The number of carbonyl (C=O) groups excluding carboxylic acids is 1. The Balaban J connectivity index is 2.24. The van der Waals surface area contributed by atoms with E-state index in [1.54, 1.807) is 48.5 Å². The van der Waals surface area contributed by atoms with Crippen molar-refractivity contribution in [3.05, 3.63) is 65.7 Å². The van der Waals surface area contributed by atoms with Gasteiger partial charge in [0.2, 0.25) is 0 Å². The molecule has 0 aliphatic carbocycles. The van der Waals surface area contributed by atoms with E-state index < -0.39 is 24.2 Å². The van der Waals surface area contributed by atoms with Crippen LogP contribution in [0.1, 0.15) is 17.2 Å². The summed E-state index contributed by atoms with van der Waals surface area (Å²) in [7, 11) is 2.74. The molecule has 0 saturated carbocycles. The second-order valence-corrected chi connectivity index (χ2v) is 5.88. The molecule has 6 heteroatoms.